The van der Waals surface area contributed by atoms with E-state index in [-0.39, 0.29) is 5.91 Å². The lowest BCUT2D eigenvalue weighted by molar-refractivity contribution is -0.127. The van der Waals surface area contributed by atoms with Crippen molar-refractivity contribution in [1.82, 2.24) is 15.3 Å². The Morgan fingerprint density at radius 2 is 2.25 bits per heavy atom. The Balaban J connectivity index is 1.40. The number of aromatic amines is 1. The van der Waals surface area contributed by atoms with Crippen LogP contribution >= 0.6 is 0 Å². The second-order valence-corrected chi connectivity index (χ2v) is 5.70. The highest BCUT2D eigenvalue weighted by atomic mass is 16.5. The van der Waals surface area contributed by atoms with E-state index in [2.05, 4.69) is 15.3 Å². The molecule has 0 fully saturated rings. The molecule has 1 atom stereocenters. The Morgan fingerprint density at radius 1 is 1.38 bits per heavy atom. The summed E-state index contributed by atoms with van der Waals surface area (Å²) in [7, 11) is 1.62. The molecule has 3 aromatic rings. The first-order valence-electron chi connectivity index (χ1n) is 7.78. The second-order valence-electron chi connectivity index (χ2n) is 5.70. The summed E-state index contributed by atoms with van der Waals surface area (Å²) in [6, 6.07) is 13.3. The van der Waals surface area contributed by atoms with Crippen LogP contribution < -0.4 is 14.8 Å². The van der Waals surface area contributed by atoms with Gasteiger partial charge < -0.3 is 19.8 Å². The van der Waals surface area contributed by atoms with Crippen LogP contribution in [-0.2, 0) is 17.8 Å². The van der Waals surface area contributed by atoms with Gasteiger partial charge in [-0.25, -0.2) is 4.98 Å². The van der Waals surface area contributed by atoms with Gasteiger partial charge in [-0.15, -0.1) is 0 Å². The van der Waals surface area contributed by atoms with Crippen LogP contribution in [0, 0.1) is 0 Å². The van der Waals surface area contributed by atoms with Crippen molar-refractivity contribution in [3.63, 3.8) is 0 Å². The van der Waals surface area contributed by atoms with Crippen molar-refractivity contribution in [2.75, 3.05) is 7.11 Å². The van der Waals surface area contributed by atoms with Crippen LogP contribution in [0.15, 0.2) is 42.5 Å². The molecule has 2 heterocycles. The minimum Gasteiger partial charge on any atom is -0.497 e. The van der Waals surface area contributed by atoms with Crippen molar-refractivity contribution < 1.29 is 14.3 Å². The number of aromatic nitrogens is 2. The van der Waals surface area contributed by atoms with E-state index in [1.54, 1.807) is 7.11 Å². The zero-order chi connectivity index (χ0) is 16.5. The molecule has 1 unspecified atom stereocenters. The van der Waals surface area contributed by atoms with Gasteiger partial charge in [0.15, 0.2) is 6.10 Å². The number of rotatable bonds is 4. The van der Waals surface area contributed by atoms with E-state index in [1.165, 1.54) is 0 Å². The van der Waals surface area contributed by atoms with Gasteiger partial charge in [0.1, 0.15) is 17.3 Å². The molecule has 2 aromatic carbocycles. The summed E-state index contributed by atoms with van der Waals surface area (Å²) < 4.78 is 10.9. The Labute approximate surface area is 138 Å². The minimum absolute atomic E-state index is 0.148. The van der Waals surface area contributed by atoms with Gasteiger partial charge in [0.25, 0.3) is 5.91 Å². The maximum atomic E-state index is 12.3. The zero-order valence-electron chi connectivity index (χ0n) is 13.2. The molecule has 0 radical (unpaired) electrons. The molecular formula is C18H17N3O3. The molecule has 2 N–H and O–H groups in total. The Morgan fingerprint density at radius 3 is 3.08 bits per heavy atom. The van der Waals surface area contributed by atoms with Gasteiger partial charge in [0.05, 0.1) is 24.7 Å². The first-order chi connectivity index (χ1) is 11.7. The number of carbonyl (C=O) groups is 1. The van der Waals surface area contributed by atoms with Crippen LogP contribution in [0.3, 0.4) is 0 Å². The predicted octanol–water partition coefficient (Wildman–Crippen LogP) is 2.19. The summed E-state index contributed by atoms with van der Waals surface area (Å²) in [6.45, 7) is 0.340. The fraction of sp³-hybridized carbons (Fsp3) is 0.222. The number of imidazole rings is 1. The number of benzene rings is 2. The van der Waals surface area contributed by atoms with Gasteiger partial charge in [-0.3, -0.25) is 4.79 Å². The van der Waals surface area contributed by atoms with Crippen molar-refractivity contribution in [1.29, 1.82) is 0 Å². The SMILES string of the molecule is COc1ccc2c(c1)CC(C(=O)NCc1nc3ccccc3[nH]1)O2. The van der Waals surface area contributed by atoms with Crippen LogP contribution in [0.2, 0.25) is 0 Å². The molecule has 6 nitrogen and oxygen atoms in total. The topological polar surface area (TPSA) is 76.2 Å². The molecule has 0 saturated carbocycles. The van der Waals surface area contributed by atoms with E-state index in [0.717, 1.165) is 33.9 Å². The number of H-pyrrole nitrogens is 1. The summed E-state index contributed by atoms with van der Waals surface area (Å²) >= 11 is 0. The van der Waals surface area contributed by atoms with E-state index in [1.807, 2.05) is 42.5 Å². The van der Waals surface area contributed by atoms with E-state index in [9.17, 15) is 4.79 Å². The molecule has 4 rings (SSSR count). The number of hydrogen-bond donors (Lipinski definition) is 2. The van der Waals surface area contributed by atoms with Gasteiger partial charge >= 0.3 is 0 Å². The summed E-state index contributed by atoms with van der Waals surface area (Å²) in [5.74, 6) is 2.08. The largest absolute Gasteiger partial charge is 0.497 e. The Hall–Kier alpha value is -3.02. The number of ether oxygens (including phenoxy) is 2. The number of fused-ring (bicyclic) bond motifs is 2. The van der Waals surface area contributed by atoms with Crippen LogP contribution in [0.1, 0.15) is 11.4 Å². The molecule has 24 heavy (non-hydrogen) atoms. The van der Waals surface area contributed by atoms with E-state index in [4.69, 9.17) is 9.47 Å². The lowest BCUT2D eigenvalue weighted by Gasteiger charge is -2.10. The summed E-state index contributed by atoms with van der Waals surface area (Å²) in [5, 5.41) is 2.88. The van der Waals surface area contributed by atoms with Crippen molar-refractivity contribution in [2.45, 2.75) is 19.1 Å². The maximum absolute atomic E-state index is 12.3. The quantitative estimate of drug-likeness (QED) is 0.772. The molecular weight excluding hydrogens is 306 g/mol. The third-order valence-electron chi connectivity index (χ3n) is 4.10. The smallest absolute Gasteiger partial charge is 0.261 e. The van der Waals surface area contributed by atoms with Crippen molar-refractivity contribution in [3.8, 4) is 11.5 Å². The number of carbonyl (C=O) groups excluding carboxylic acids is 1. The van der Waals surface area contributed by atoms with Crippen molar-refractivity contribution in [2.24, 2.45) is 0 Å². The van der Waals surface area contributed by atoms with Gasteiger partial charge in [-0.1, -0.05) is 12.1 Å². The zero-order valence-corrected chi connectivity index (χ0v) is 13.2. The minimum atomic E-state index is -0.517. The molecule has 0 saturated heterocycles. The molecule has 1 aliphatic heterocycles. The van der Waals surface area contributed by atoms with Crippen LogP contribution in [0.4, 0.5) is 0 Å². The number of amides is 1. The standard InChI is InChI=1S/C18H17N3O3/c1-23-12-6-7-15-11(8-12)9-16(24-15)18(22)19-10-17-20-13-4-2-3-5-14(13)21-17/h2-8,16H,9-10H2,1H3,(H,19,22)(H,20,21). The van der Waals surface area contributed by atoms with E-state index >= 15 is 0 Å². The summed E-state index contributed by atoms with van der Waals surface area (Å²) in [4.78, 5) is 20.0. The first-order valence-corrected chi connectivity index (χ1v) is 7.78. The number of nitrogens with one attached hydrogen (secondary N) is 2. The van der Waals surface area contributed by atoms with Gasteiger partial charge in [0, 0.05) is 12.0 Å². The lowest BCUT2D eigenvalue weighted by atomic mass is 10.1. The Bertz CT molecular complexity index is 870. The highest BCUT2D eigenvalue weighted by molar-refractivity contribution is 5.82. The molecule has 1 amide bonds. The normalized spacial score (nSPS) is 15.8. The fourth-order valence-electron chi connectivity index (χ4n) is 2.87. The highest BCUT2D eigenvalue weighted by Gasteiger charge is 2.29. The molecule has 122 valence electrons. The number of methoxy groups -OCH3 is 1. The van der Waals surface area contributed by atoms with E-state index < -0.39 is 6.10 Å². The third-order valence-corrected chi connectivity index (χ3v) is 4.10. The van der Waals surface area contributed by atoms with Crippen LogP contribution in [0.25, 0.3) is 11.0 Å². The molecule has 1 aromatic heterocycles. The van der Waals surface area contributed by atoms with Crippen molar-refractivity contribution >= 4 is 16.9 Å². The van der Waals surface area contributed by atoms with Crippen LogP contribution in [0.5, 0.6) is 11.5 Å². The third kappa shape index (κ3) is 2.67. The monoisotopic (exact) mass is 323 g/mol. The second kappa shape index (κ2) is 5.88. The fourth-order valence-corrected chi connectivity index (χ4v) is 2.87. The van der Waals surface area contributed by atoms with Crippen LogP contribution in [-0.4, -0.2) is 29.1 Å². The molecule has 0 bridgehead atoms. The average Bonchev–Trinajstić information content (AvgIpc) is 3.22. The Kier molecular flexibility index (Phi) is 3.57. The number of hydrogen-bond acceptors (Lipinski definition) is 4. The number of para-hydroxylation sites is 2. The lowest BCUT2D eigenvalue weighted by Crippen LogP contribution is -2.37. The molecule has 6 heteroatoms. The summed E-state index contributed by atoms with van der Waals surface area (Å²) in [5.41, 5.74) is 2.83. The van der Waals surface area contributed by atoms with Gasteiger partial charge in [-0.2, -0.15) is 0 Å². The molecule has 1 aliphatic rings. The van der Waals surface area contributed by atoms with E-state index in [0.29, 0.717) is 13.0 Å². The van der Waals surface area contributed by atoms with Gasteiger partial charge in [0.2, 0.25) is 0 Å². The van der Waals surface area contributed by atoms with Gasteiger partial charge in [-0.05, 0) is 30.3 Å². The molecule has 0 aliphatic carbocycles. The van der Waals surface area contributed by atoms with Crippen molar-refractivity contribution in [3.05, 3.63) is 53.9 Å². The first kappa shape index (κ1) is 14.6. The number of nitrogens with zero attached hydrogens (tertiary/aromatic N) is 1. The molecule has 0 spiro atoms. The highest BCUT2D eigenvalue weighted by Crippen LogP contribution is 2.31. The predicted molar refractivity (Wildman–Crippen MR) is 89.1 cm³/mol. The average molecular weight is 323 g/mol. The summed E-state index contributed by atoms with van der Waals surface area (Å²) in [6.07, 6.45) is 0.0230. The maximum Gasteiger partial charge on any atom is 0.261 e.